The van der Waals surface area contributed by atoms with Gasteiger partial charge in [-0.2, -0.15) is 5.10 Å². The van der Waals surface area contributed by atoms with E-state index in [9.17, 15) is 0 Å². The maximum atomic E-state index is 6.16. The second kappa shape index (κ2) is 6.14. The first-order chi connectivity index (χ1) is 9.72. The molecule has 5 heteroatoms. The molecule has 2 aromatic heterocycles. The zero-order valence-electron chi connectivity index (χ0n) is 11.5. The fraction of sp³-hybridized carbons (Fsp3) is 0.533. The average Bonchev–Trinajstić information content (AvgIpc) is 3.09. The highest BCUT2D eigenvalue weighted by atomic mass is 79.9. The highest BCUT2D eigenvalue weighted by Crippen LogP contribution is 2.28. The second-order valence-electron chi connectivity index (χ2n) is 5.53. The molecule has 0 bridgehead atoms. The van der Waals surface area contributed by atoms with Crippen LogP contribution in [0.25, 0.3) is 0 Å². The standard InChI is InChI=1S/C15H20BrN3O/c16-15-7-6-14(20-15)13(17)10-11-8-9-19(18-11)12-4-2-1-3-5-12/h6-9,12-13H,1-5,10,17H2. The van der Waals surface area contributed by atoms with E-state index in [2.05, 4.69) is 38.0 Å². The molecule has 3 rings (SSSR count). The molecule has 1 aliphatic rings. The molecule has 0 aliphatic heterocycles. The highest BCUT2D eigenvalue weighted by molar-refractivity contribution is 9.10. The fourth-order valence-electron chi connectivity index (χ4n) is 2.89. The number of nitrogens with zero attached hydrogens (tertiary/aromatic N) is 2. The molecule has 0 spiro atoms. The molecule has 1 aliphatic carbocycles. The molecule has 2 heterocycles. The molecule has 1 unspecified atom stereocenters. The van der Waals surface area contributed by atoms with E-state index < -0.39 is 0 Å². The quantitative estimate of drug-likeness (QED) is 0.917. The number of rotatable bonds is 4. The van der Waals surface area contributed by atoms with Crippen LogP contribution in [-0.2, 0) is 6.42 Å². The smallest absolute Gasteiger partial charge is 0.169 e. The third kappa shape index (κ3) is 3.15. The lowest BCUT2D eigenvalue weighted by Crippen LogP contribution is -2.15. The number of hydrogen-bond acceptors (Lipinski definition) is 3. The molecule has 4 nitrogen and oxygen atoms in total. The van der Waals surface area contributed by atoms with Crippen LogP contribution >= 0.6 is 15.9 Å². The van der Waals surface area contributed by atoms with Gasteiger partial charge in [0, 0.05) is 12.6 Å². The summed E-state index contributed by atoms with van der Waals surface area (Å²) in [6.07, 6.45) is 9.30. The summed E-state index contributed by atoms with van der Waals surface area (Å²) in [4.78, 5) is 0. The van der Waals surface area contributed by atoms with Crippen molar-refractivity contribution >= 4 is 15.9 Å². The van der Waals surface area contributed by atoms with Crippen molar-refractivity contribution in [1.29, 1.82) is 0 Å². The van der Waals surface area contributed by atoms with Gasteiger partial charge in [0.1, 0.15) is 5.76 Å². The first kappa shape index (κ1) is 13.9. The first-order valence-corrected chi connectivity index (χ1v) is 8.06. The van der Waals surface area contributed by atoms with Crippen molar-refractivity contribution in [3.8, 4) is 0 Å². The van der Waals surface area contributed by atoms with E-state index in [1.165, 1.54) is 32.1 Å². The van der Waals surface area contributed by atoms with Crippen molar-refractivity contribution in [1.82, 2.24) is 9.78 Å². The summed E-state index contributed by atoms with van der Waals surface area (Å²) in [5.41, 5.74) is 7.20. The Morgan fingerprint density at radius 1 is 1.30 bits per heavy atom. The summed E-state index contributed by atoms with van der Waals surface area (Å²) in [6.45, 7) is 0. The van der Waals surface area contributed by atoms with Crippen LogP contribution in [-0.4, -0.2) is 9.78 Å². The van der Waals surface area contributed by atoms with Gasteiger partial charge in [0.15, 0.2) is 4.67 Å². The Kier molecular flexibility index (Phi) is 4.27. The number of halogens is 1. The fourth-order valence-corrected chi connectivity index (χ4v) is 3.21. The summed E-state index contributed by atoms with van der Waals surface area (Å²) >= 11 is 3.30. The lowest BCUT2D eigenvalue weighted by molar-refractivity contribution is 0.327. The minimum Gasteiger partial charge on any atom is -0.453 e. The van der Waals surface area contributed by atoms with Crippen molar-refractivity contribution in [2.24, 2.45) is 5.73 Å². The maximum Gasteiger partial charge on any atom is 0.169 e. The van der Waals surface area contributed by atoms with E-state index in [1.54, 1.807) is 0 Å². The van der Waals surface area contributed by atoms with Crippen LogP contribution < -0.4 is 5.73 Å². The van der Waals surface area contributed by atoms with Gasteiger partial charge in [-0.25, -0.2) is 0 Å². The molecule has 108 valence electrons. The zero-order valence-corrected chi connectivity index (χ0v) is 13.1. The van der Waals surface area contributed by atoms with Crippen LogP contribution in [0.15, 0.2) is 33.5 Å². The van der Waals surface area contributed by atoms with Crippen molar-refractivity contribution in [3.63, 3.8) is 0 Å². The van der Waals surface area contributed by atoms with Gasteiger partial charge in [0.2, 0.25) is 0 Å². The molecule has 1 fully saturated rings. The molecule has 2 aromatic rings. The lowest BCUT2D eigenvalue weighted by Gasteiger charge is -2.21. The third-order valence-electron chi connectivity index (χ3n) is 4.00. The molecule has 1 atom stereocenters. The minimum absolute atomic E-state index is 0.143. The zero-order chi connectivity index (χ0) is 13.9. The van der Waals surface area contributed by atoms with Gasteiger partial charge in [0.25, 0.3) is 0 Å². The summed E-state index contributed by atoms with van der Waals surface area (Å²) in [5.74, 6) is 0.795. The molecular weight excluding hydrogens is 318 g/mol. The second-order valence-corrected chi connectivity index (χ2v) is 6.31. The van der Waals surface area contributed by atoms with Gasteiger partial charge >= 0.3 is 0 Å². The first-order valence-electron chi connectivity index (χ1n) is 7.27. The predicted molar refractivity (Wildman–Crippen MR) is 81.4 cm³/mol. The van der Waals surface area contributed by atoms with Gasteiger partial charge in [0.05, 0.1) is 17.8 Å². The SMILES string of the molecule is NC(Cc1ccn(C2CCCCC2)n1)c1ccc(Br)o1. The van der Waals surface area contributed by atoms with Crippen LogP contribution in [0.5, 0.6) is 0 Å². The van der Waals surface area contributed by atoms with Crippen molar-refractivity contribution in [2.45, 2.75) is 50.6 Å². The Morgan fingerprint density at radius 2 is 2.10 bits per heavy atom. The molecule has 0 radical (unpaired) electrons. The monoisotopic (exact) mass is 337 g/mol. The minimum atomic E-state index is -0.143. The summed E-state index contributed by atoms with van der Waals surface area (Å²) in [7, 11) is 0. The normalized spacial score (nSPS) is 18.3. The van der Waals surface area contributed by atoms with Crippen LogP contribution in [0, 0.1) is 0 Å². The largest absolute Gasteiger partial charge is 0.453 e. The topological polar surface area (TPSA) is 57.0 Å². The van der Waals surface area contributed by atoms with Gasteiger partial charge in [-0.15, -0.1) is 0 Å². The van der Waals surface area contributed by atoms with Gasteiger partial charge in [-0.3, -0.25) is 4.68 Å². The number of nitrogens with two attached hydrogens (primary N) is 1. The van der Waals surface area contributed by atoms with Crippen molar-refractivity contribution in [3.05, 3.63) is 40.5 Å². The van der Waals surface area contributed by atoms with Gasteiger partial charge in [-0.1, -0.05) is 19.3 Å². The predicted octanol–water partition coefficient (Wildman–Crippen LogP) is 3.99. The molecule has 2 N–H and O–H groups in total. The summed E-state index contributed by atoms with van der Waals surface area (Å²) in [6, 6.07) is 6.29. The van der Waals surface area contributed by atoms with Crippen LogP contribution in [0.1, 0.15) is 55.6 Å². The molecule has 1 saturated carbocycles. The average molecular weight is 338 g/mol. The van der Waals surface area contributed by atoms with Crippen molar-refractivity contribution in [2.75, 3.05) is 0 Å². The van der Waals surface area contributed by atoms with E-state index in [0.29, 0.717) is 12.5 Å². The highest BCUT2D eigenvalue weighted by Gasteiger charge is 2.17. The van der Waals surface area contributed by atoms with Crippen molar-refractivity contribution < 1.29 is 4.42 Å². The Morgan fingerprint density at radius 3 is 2.80 bits per heavy atom. The number of aromatic nitrogens is 2. The number of furan rings is 1. The molecule has 0 saturated heterocycles. The van der Waals surface area contributed by atoms with E-state index in [4.69, 9.17) is 10.2 Å². The van der Waals surface area contributed by atoms with Gasteiger partial charge in [-0.05, 0) is 47.0 Å². The molecule has 20 heavy (non-hydrogen) atoms. The van der Waals surface area contributed by atoms with Crippen LogP contribution in [0.2, 0.25) is 0 Å². The van der Waals surface area contributed by atoms with E-state index in [-0.39, 0.29) is 6.04 Å². The van der Waals surface area contributed by atoms with E-state index >= 15 is 0 Å². The van der Waals surface area contributed by atoms with Crippen LogP contribution in [0.4, 0.5) is 0 Å². The van der Waals surface area contributed by atoms with E-state index in [1.807, 2.05) is 12.1 Å². The Bertz CT molecular complexity index is 557. The molecule has 0 aromatic carbocycles. The van der Waals surface area contributed by atoms with E-state index in [0.717, 1.165) is 16.1 Å². The molecule has 0 amide bonds. The summed E-state index contributed by atoms with van der Waals surface area (Å²) < 4.78 is 8.34. The Labute approximate surface area is 127 Å². The third-order valence-corrected chi connectivity index (χ3v) is 4.43. The number of hydrogen-bond donors (Lipinski definition) is 1. The summed E-state index contributed by atoms with van der Waals surface area (Å²) in [5, 5.41) is 4.69. The Hall–Kier alpha value is -1.07. The van der Waals surface area contributed by atoms with Crippen LogP contribution in [0.3, 0.4) is 0 Å². The molecular formula is C15H20BrN3O. The lowest BCUT2D eigenvalue weighted by atomic mass is 9.96. The maximum absolute atomic E-state index is 6.16. The Balaban J connectivity index is 1.64. The van der Waals surface area contributed by atoms with Gasteiger partial charge < -0.3 is 10.2 Å².